The van der Waals surface area contributed by atoms with Crippen LogP contribution < -0.4 is 14.8 Å². The lowest BCUT2D eigenvalue weighted by Crippen LogP contribution is -2.04. The molecule has 4 aromatic rings. The maximum absolute atomic E-state index is 6.10. The van der Waals surface area contributed by atoms with Gasteiger partial charge in [0.05, 0.1) is 6.61 Å². The van der Waals surface area contributed by atoms with Gasteiger partial charge in [0.15, 0.2) is 11.5 Å². The quantitative estimate of drug-likeness (QED) is 0.286. The minimum Gasteiger partial charge on any atom is -0.490 e. The number of fused-ring (bicyclic) bond motifs is 1. The van der Waals surface area contributed by atoms with E-state index in [4.69, 9.17) is 9.47 Å². The van der Waals surface area contributed by atoms with Crippen LogP contribution in [0.2, 0.25) is 0 Å². The molecular formula is C27H26BrNO2. The monoisotopic (exact) mass is 475 g/mol. The summed E-state index contributed by atoms with van der Waals surface area (Å²) in [5.74, 6) is 1.50. The second-order valence-electron chi connectivity index (χ2n) is 7.48. The summed E-state index contributed by atoms with van der Waals surface area (Å²) >= 11 is 3.72. The fourth-order valence-electron chi connectivity index (χ4n) is 3.51. The van der Waals surface area contributed by atoms with Crippen LogP contribution in [0.15, 0.2) is 83.3 Å². The van der Waals surface area contributed by atoms with Crippen molar-refractivity contribution in [2.75, 3.05) is 11.9 Å². The molecule has 158 valence electrons. The van der Waals surface area contributed by atoms with Crippen LogP contribution >= 0.6 is 15.9 Å². The van der Waals surface area contributed by atoms with Gasteiger partial charge in [0.2, 0.25) is 0 Å². The van der Waals surface area contributed by atoms with Crippen LogP contribution in [0.1, 0.15) is 23.6 Å². The molecule has 4 rings (SSSR count). The van der Waals surface area contributed by atoms with Gasteiger partial charge in [-0.2, -0.15) is 0 Å². The molecule has 0 saturated carbocycles. The van der Waals surface area contributed by atoms with E-state index in [9.17, 15) is 0 Å². The summed E-state index contributed by atoms with van der Waals surface area (Å²) in [5, 5.41) is 6.01. The molecule has 0 fully saturated rings. The molecule has 0 atom stereocenters. The molecule has 0 amide bonds. The minimum atomic E-state index is 0.500. The molecule has 3 nitrogen and oxygen atoms in total. The number of anilines is 1. The number of benzene rings is 4. The second-order valence-corrected chi connectivity index (χ2v) is 8.33. The molecule has 0 aromatic heterocycles. The Morgan fingerprint density at radius 2 is 1.58 bits per heavy atom. The topological polar surface area (TPSA) is 30.5 Å². The first-order valence-electron chi connectivity index (χ1n) is 10.5. The van der Waals surface area contributed by atoms with Crippen molar-refractivity contribution in [2.45, 2.75) is 27.0 Å². The van der Waals surface area contributed by atoms with E-state index in [1.807, 2.05) is 13.0 Å². The number of aryl methyl sites for hydroxylation is 1. The minimum absolute atomic E-state index is 0.500. The van der Waals surface area contributed by atoms with Crippen LogP contribution in [0.25, 0.3) is 10.8 Å². The Kier molecular flexibility index (Phi) is 6.78. The molecule has 0 radical (unpaired) electrons. The second kappa shape index (κ2) is 9.88. The van der Waals surface area contributed by atoms with E-state index in [0.717, 1.165) is 32.8 Å². The van der Waals surface area contributed by atoms with Crippen molar-refractivity contribution in [2.24, 2.45) is 0 Å². The van der Waals surface area contributed by atoms with Gasteiger partial charge < -0.3 is 14.8 Å². The molecule has 0 saturated heterocycles. The zero-order valence-corrected chi connectivity index (χ0v) is 19.4. The Balaban J connectivity index is 1.52. The van der Waals surface area contributed by atoms with Gasteiger partial charge >= 0.3 is 0 Å². The molecule has 0 aliphatic carbocycles. The van der Waals surface area contributed by atoms with Crippen molar-refractivity contribution in [1.82, 2.24) is 0 Å². The van der Waals surface area contributed by atoms with Gasteiger partial charge in [0, 0.05) is 22.1 Å². The molecule has 1 N–H and O–H groups in total. The van der Waals surface area contributed by atoms with E-state index in [0.29, 0.717) is 19.8 Å². The highest BCUT2D eigenvalue weighted by atomic mass is 79.9. The molecule has 0 aliphatic rings. The number of halogens is 1. The van der Waals surface area contributed by atoms with Gasteiger partial charge in [-0.25, -0.2) is 0 Å². The highest BCUT2D eigenvalue weighted by Crippen LogP contribution is 2.35. The van der Waals surface area contributed by atoms with E-state index in [-0.39, 0.29) is 0 Å². The fraction of sp³-hybridized carbons (Fsp3) is 0.185. The van der Waals surface area contributed by atoms with E-state index in [2.05, 4.69) is 101 Å². The summed E-state index contributed by atoms with van der Waals surface area (Å²) in [6.45, 7) is 5.83. The average molecular weight is 476 g/mol. The Morgan fingerprint density at radius 1 is 0.839 bits per heavy atom. The highest BCUT2D eigenvalue weighted by Gasteiger charge is 2.12. The van der Waals surface area contributed by atoms with Gasteiger partial charge in [-0.1, -0.05) is 82.2 Å². The van der Waals surface area contributed by atoms with Gasteiger partial charge in [-0.05, 0) is 48.6 Å². The smallest absolute Gasteiger partial charge is 0.162 e. The van der Waals surface area contributed by atoms with Gasteiger partial charge in [0.1, 0.15) is 6.61 Å². The van der Waals surface area contributed by atoms with Crippen LogP contribution in [0.4, 0.5) is 5.69 Å². The number of ether oxygens (including phenoxy) is 2. The zero-order valence-electron chi connectivity index (χ0n) is 17.8. The molecule has 0 heterocycles. The van der Waals surface area contributed by atoms with Crippen LogP contribution in [0.3, 0.4) is 0 Å². The van der Waals surface area contributed by atoms with E-state index in [1.54, 1.807) is 0 Å². The SMILES string of the molecule is CCOc1cc(CNc2cccc3ccccc23)c(Br)cc1OCc1ccc(C)cc1. The first kappa shape index (κ1) is 21.3. The summed E-state index contributed by atoms with van der Waals surface area (Å²) in [4.78, 5) is 0. The lowest BCUT2D eigenvalue weighted by Gasteiger charge is -2.16. The molecule has 0 unspecified atom stereocenters. The predicted octanol–water partition coefficient (Wildman–Crippen LogP) is 7.50. The Labute approximate surface area is 192 Å². The summed E-state index contributed by atoms with van der Waals surface area (Å²) in [7, 11) is 0. The normalized spacial score (nSPS) is 10.8. The molecule has 31 heavy (non-hydrogen) atoms. The first-order valence-corrected chi connectivity index (χ1v) is 11.3. The van der Waals surface area contributed by atoms with Crippen molar-refractivity contribution >= 4 is 32.4 Å². The van der Waals surface area contributed by atoms with E-state index < -0.39 is 0 Å². The number of hydrogen-bond acceptors (Lipinski definition) is 3. The summed E-state index contributed by atoms with van der Waals surface area (Å²) in [5.41, 5.74) is 4.59. The van der Waals surface area contributed by atoms with Crippen LogP contribution in [0, 0.1) is 6.92 Å². The summed E-state index contributed by atoms with van der Waals surface area (Å²) in [6, 6.07) is 27.1. The zero-order chi connectivity index (χ0) is 21.6. The standard InChI is InChI=1S/C27H26BrNO2/c1-3-30-26-15-22(17-29-25-10-6-8-21-7-4-5-9-23(21)25)24(28)16-27(26)31-18-20-13-11-19(2)12-14-20/h4-16,29H,3,17-18H2,1-2H3. The van der Waals surface area contributed by atoms with Crippen molar-refractivity contribution in [3.8, 4) is 11.5 Å². The first-order chi connectivity index (χ1) is 15.1. The third-order valence-corrected chi connectivity index (χ3v) is 5.92. The Bertz CT molecular complexity index is 1170. The summed E-state index contributed by atoms with van der Waals surface area (Å²) < 4.78 is 13.0. The lowest BCUT2D eigenvalue weighted by molar-refractivity contribution is 0.269. The maximum Gasteiger partial charge on any atom is 0.162 e. The number of nitrogens with one attached hydrogen (secondary N) is 1. The highest BCUT2D eigenvalue weighted by molar-refractivity contribution is 9.10. The number of hydrogen-bond donors (Lipinski definition) is 1. The lowest BCUT2D eigenvalue weighted by atomic mass is 10.1. The van der Waals surface area contributed by atoms with E-state index in [1.165, 1.54) is 16.3 Å². The van der Waals surface area contributed by atoms with Crippen molar-refractivity contribution in [3.05, 3.63) is 100 Å². The molecule has 0 spiro atoms. The third kappa shape index (κ3) is 5.20. The van der Waals surface area contributed by atoms with Crippen molar-refractivity contribution < 1.29 is 9.47 Å². The summed E-state index contributed by atoms with van der Waals surface area (Å²) in [6.07, 6.45) is 0. The number of rotatable bonds is 8. The third-order valence-electron chi connectivity index (χ3n) is 5.19. The maximum atomic E-state index is 6.10. The Morgan fingerprint density at radius 3 is 2.39 bits per heavy atom. The van der Waals surface area contributed by atoms with Crippen molar-refractivity contribution in [3.63, 3.8) is 0 Å². The Hall–Kier alpha value is -2.98. The fourth-order valence-corrected chi connectivity index (χ4v) is 3.97. The van der Waals surface area contributed by atoms with Crippen molar-refractivity contribution in [1.29, 1.82) is 0 Å². The molecule has 0 aliphatic heterocycles. The molecule has 4 heteroatoms. The largest absolute Gasteiger partial charge is 0.490 e. The van der Waals surface area contributed by atoms with Gasteiger partial charge in [-0.15, -0.1) is 0 Å². The van der Waals surface area contributed by atoms with Gasteiger partial charge in [0.25, 0.3) is 0 Å². The van der Waals surface area contributed by atoms with Crippen LogP contribution in [-0.4, -0.2) is 6.61 Å². The molecule has 4 aromatic carbocycles. The molecule has 0 bridgehead atoms. The van der Waals surface area contributed by atoms with Gasteiger partial charge in [-0.3, -0.25) is 0 Å². The average Bonchev–Trinajstić information content (AvgIpc) is 2.79. The van der Waals surface area contributed by atoms with Crippen LogP contribution in [-0.2, 0) is 13.2 Å². The predicted molar refractivity (Wildman–Crippen MR) is 132 cm³/mol. The molecular weight excluding hydrogens is 450 g/mol. The van der Waals surface area contributed by atoms with E-state index >= 15 is 0 Å². The van der Waals surface area contributed by atoms with Crippen LogP contribution in [0.5, 0.6) is 11.5 Å².